The van der Waals surface area contributed by atoms with Gasteiger partial charge in [-0.3, -0.25) is 9.59 Å². The number of amides is 2. The van der Waals surface area contributed by atoms with E-state index in [2.05, 4.69) is 5.32 Å². The van der Waals surface area contributed by atoms with Crippen LogP contribution in [-0.2, 0) is 4.79 Å². The molecule has 2 aromatic carbocycles. The summed E-state index contributed by atoms with van der Waals surface area (Å²) in [5.41, 5.74) is 1.29. The summed E-state index contributed by atoms with van der Waals surface area (Å²) in [5.74, 6) is -1.08. The van der Waals surface area contributed by atoms with Crippen LogP contribution in [0.5, 0.6) is 0 Å². The zero-order valence-corrected chi connectivity index (χ0v) is 15.5. The number of hydrogen-bond donors (Lipinski definition) is 1. The Balaban J connectivity index is 1.60. The third-order valence-electron chi connectivity index (χ3n) is 5.27. The molecule has 1 saturated carbocycles. The van der Waals surface area contributed by atoms with E-state index in [-0.39, 0.29) is 35.5 Å². The molecule has 6 heteroatoms. The van der Waals surface area contributed by atoms with Crippen LogP contribution in [0, 0.1) is 11.7 Å². The second-order valence-electron chi connectivity index (χ2n) is 7.24. The van der Waals surface area contributed by atoms with Gasteiger partial charge in [0.05, 0.1) is 16.5 Å². The Labute approximate surface area is 162 Å². The maximum absolute atomic E-state index is 13.3. The molecule has 1 heterocycles. The van der Waals surface area contributed by atoms with E-state index in [0.29, 0.717) is 23.7 Å². The van der Waals surface area contributed by atoms with Crippen LogP contribution < -0.4 is 5.32 Å². The topological polar surface area (TPSA) is 49.4 Å². The van der Waals surface area contributed by atoms with Crippen LogP contribution >= 0.6 is 11.6 Å². The molecule has 1 aliphatic heterocycles. The lowest BCUT2D eigenvalue weighted by Crippen LogP contribution is -2.36. The van der Waals surface area contributed by atoms with Crippen molar-refractivity contribution in [3.8, 4) is 0 Å². The Bertz CT molecular complexity index is 867. The first kappa shape index (κ1) is 18.0. The van der Waals surface area contributed by atoms with E-state index in [4.69, 9.17) is 11.6 Å². The summed E-state index contributed by atoms with van der Waals surface area (Å²) in [6, 6.07) is 13.3. The molecular formula is C21H20ClFN2O2. The first-order valence-electron chi connectivity index (χ1n) is 9.12. The van der Waals surface area contributed by atoms with Gasteiger partial charge in [0.25, 0.3) is 5.91 Å². The fourth-order valence-electron chi connectivity index (χ4n) is 3.62. The molecule has 27 heavy (non-hydrogen) atoms. The minimum Gasteiger partial charge on any atom is -0.353 e. The molecule has 2 fully saturated rings. The van der Waals surface area contributed by atoms with Crippen molar-refractivity contribution in [2.24, 2.45) is 5.92 Å². The number of likely N-dealkylation sites (tertiary alicyclic amines) is 1. The zero-order chi connectivity index (χ0) is 19.0. The van der Waals surface area contributed by atoms with E-state index in [1.54, 1.807) is 41.3 Å². The molecule has 2 aromatic rings. The summed E-state index contributed by atoms with van der Waals surface area (Å²) in [7, 11) is 0. The van der Waals surface area contributed by atoms with Crippen molar-refractivity contribution in [2.75, 3.05) is 13.1 Å². The van der Waals surface area contributed by atoms with E-state index in [9.17, 15) is 14.0 Å². The van der Waals surface area contributed by atoms with Gasteiger partial charge < -0.3 is 10.2 Å². The maximum Gasteiger partial charge on any atom is 0.255 e. The largest absolute Gasteiger partial charge is 0.353 e. The molecule has 2 aliphatic rings. The Morgan fingerprint density at radius 2 is 1.74 bits per heavy atom. The van der Waals surface area contributed by atoms with Crippen LogP contribution in [0.4, 0.5) is 4.39 Å². The van der Waals surface area contributed by atoms with E-state index in [1.807, 2.05) is 0 Å². The number of carbonyl (C=O) groups excluding carboxylic acids is 2. The average Bonchev–Trinajstić information content (AvgIpc) is 3.36. The summed E-state index contributed by atoms with van der Waals surface area (Å²) in [4.78, 5) is 27.4. The van der Waals surface area contributed by atoms with Gasteiger partial charge in [0.1, 0.15) is 5.82 Å². The zero-order valence-electron chi connectivity index (χ0n) is 14.7. The molecule has 0 bridgehead atoms. The van der Waals surface area contributed by atoms with Gasteiger partial charge in [0.15, 0.2) is 0 Å². The summed E-state index contributed by atoms with van der Waals surface area (Å²) >= 11 is 6.18. The van der Waals surface area contributed by atoms with Crippen LogP contribution in [0.1, 0.15) is 34.7 Å². The highest BCUT2D eigenvalue weighted by Gasteiger charge is 2.42. The molecule has 1 aliphatic carbocycles. The Kier molecular flexibility index (Phi) is 4.87. The number of carbonyl (C=O) groups is 2. The summed E-state index contributed by atoms with van der Waals surface area (Å²) in [6.45, 7) is 0.725. The van der Waals surface area contributed by atoms with E-state index < -0.39 is 0 Å². The molecule has 0 spiro atoms. The number of halogens is 2. The van der Waals surface area contributed by atoms with Crippen molar-refractivity contribution in [1.82, 2.24) is 10.2 Å². The molecule has 1 N–H and O–H groups in total. The van der Waals surface area contributed by atoms with Crippen LogP contribution in [0.3, 0.4) is 0 Å². The van der Waals surface area contributed by atoms with Gasteiger partial charge in [0.2, 0.25) is 5.91 Å². The number of nitrogens with zero attached hydrogens (tertiary/aromatic N) is 1. The van der Waals surface area contributed by atoms with Gasteiger partial charge in [-0.25, -0.2) is 4.39 Å². The molecule has 0 radical (unpaired) electrons. The second kappa shape index (κ2) is 7.31. The highest BCUT2D eigenvalue weighted by Crippen LogP contribution is 2.35. The van der Waals surface area contributed by atoms with Crippen molar-refractivity contribution in [3.05, 3.63) is 70.5 Å². The molecule has 2 atom stereocenters. The van der Waals surface area contributed by atoms with Crippen molar-refractivity contribution in [3.63, 3.8) is 0 Å². The fourth-order valence-corrected chi connectivity index (χ4v) is 3.84. The smallest absolute Gasteiger partial charge is 0.255 e. The second-order valence-corrected chi connectivity index (χ2v) is 7.64. The van der Waals surface area contributed by atoms with Crippen LogP contribution in [0.25, 0.3) is 0 Å². The molecule has 4 rings (SSSR count). The maximum atomic E-state index is 13.3. The van der Waals surface area contributed by atoms with Crippen LogP contribution in [0.2, 0.25) is 5.02 Å². The molecule has 2 amide bonds. The van der Waals surface area contributed by atoms with Gasteiger partial charge in [-0.1, -0.05) is 35.9 Å². The summed E-state index contributed by atoms with van der Waals surface area (Å²) in [5, 5.41) is 3.44. The number of rotatable bonds is 4. The lowest BCUT2D eigenvalue weighted by atomic mass is 9.88. The van der Waals surface area contributed by atoms with Gasteiger partial charge in [-0.05, 0) is 42.7 Å². The van der Waals surface area contributed by atoms with Gasteiger partial charge in [0, 0.05) is 25.0 Å². The molecule has 2 unspecified atom stereocenters. The number of benzene rings is 2. The molecular weight excluding hydrogens is 367 g/mol. The van der Waals surface area contributed by atoms with Gasteiger partial charge >= 0.3 is 0 Å². The van der Waals surface area contributed by atoms with Crippen LogP contribution in [-0.4, -0.2) is 35.8 Å². The number of hydrogen-bond acceptors (Lipinski definition) is 2. The minimum absolute atomic E-state index is 0.0405. The van der Waals surface area contributed by atoms with Crippen molar-refractivity contribution < 1.29 is 14.0 Å². The predicted octanol–water partition coefficient (Wildman–Crippen LogP) is 3.61. The predicted molar refractivity (Wildman–Crippen MR) is 101 cm³/mol. The van der Waals surface area contributed by atoms with Crippen LogP contribution in [0.15, 0.2) is 48.5 Å². The van der Waals surface area contributed by atoms with Gasteiger partial charge in [-0.15, -0.1) is 0 Å². The Hall–Kier alpha value is -2.40. The van der Waals surface area contributed by atoms with Crippen molar-refractivity contribution in [1.29, 1.82) is 0 Å². The first-order chi connectivity index (χ1) is 13.0. The highest BCUT2D eigenvalue weighted by molar-refractivity contribution is 6.33. The summed E-state index contributed by atoms with van der Waals surface area (Å²) in [6.07, 6.45) is 2.00. The normalized spacial score (nSPS) is 21.9. The monoisotopic (exact) mass is 386 g/mol. The molecule has 0 aromatic heterocycles. The third-order valence-corrected chi connectivity index (χ3v) is 5.60. The third kappa shape index (κ3) is 3.83. The fraction of sp³-hybridized carbons (Fsp3) is 0.333. The highest BCUT2D eigenvalue weighted by atomic mass is 35.5. The van der Waals surface area contributed by atoms with E-state index in [0.717, 1.165) is 18.4 Å². The summed E-state index contributed by atoms with van der Waals surface area (Å²) < 4.78 is 13.3. The molecule has 1 saturated heterocycles. The standard InChI is InChI=1S/C21H20ClFN2O2/c22-19-4-2-1-3-16(19)21(27)25-11-17(13-5-7-14(23)8-6-13)18(12-25)20(26)24-15-9-10-15/h1-8,15,17-18H,9-12H2,(H,24,26). The SMILES string of the molecule is O=C(NC1CC1)C1CN(C(=O)c2ccccc2Cl)CC1c1ccc(F)cc1. The van der Waals surface area contributed by atoms with Gasteiger partial charge in [-0.2, -0.15) is 0 Å². The van der Waals surface area contributed by atoms with E-state index >= 15 is 0 Å². The lowest BCUT2D eigenvalue weighted by molar-refractivity contribution is -0.125. The average molecular weight is 387 g/mol. The Morgan fingerprint density at radius 1 is 1.04 bits per heavy atom. The lowest BCUT2D eigenvalue weighted by Gasteiger charge is -2.18. The van der Waals surface area contributed by atoms with Crippen molar-refractivity contribution in [2.45, 2.75) is 24.8 Å². The molecule has 140 valence electrons. The molecule has 4 nitrogen and oxygen atoms in total. The Morgan fingerprint density at radius 3 is 2.41 bits per heavy atom. The minimum atomic E-state index is -0.359. The quantitative estimate of drug-likeness (QED) is 0.872. The number of nitrogens with one attached hydrogen (secondary N) is 1. The first-order valence-corrected chi connectivity index (χ1v) is 9.50. The van der Waals surface area contributed by atoms with E-state index in [1.165, 1.54) is 12.1 Å². The van der Waals surface area contributed by atoms with Crippen molar-refractivity contribution >= 4 is 23.4 Å².